The van der Waals surface area contributed by atoms with Crippen molar-refractivity contribution < 1.29 is 4.79 Å². The molecular weight excluding hydrogens is 164 g/mol. The third-order valence-electron chi connectivity index (χ3n) is 1.87. The number of nitrogens with one attached hydrogen (secondary N) is 1. The fraction of sp³-hybridized carbons (Fsp3) is 0.200. The van der Waals surface area contributed by atoms with E-state index in [1.165, 1.54) is 0 Å². The molecule has 0 bridgehead atoms. The van der Waals surface area contributed by atoms with Gasteiger partial charge in [-0.1, -0.05) is 12.1 Å². The molecule has 1 aromatic rings. The summed E-state index contributed by atoms with van der Waals surface area (Å²) in [6.07, 6.45) is 0. The van der Waals surface area contributed by atoms with E-state index in [0.717, 1.165) is 5.56 Å². The molecule has 0 aliphatic heterocycles. The minimum absolute atomic E-state index is 0.133. The van der Waals surface area contributed by atoms with E-state index in [0.29, 0.717) is 11.3 Å². The first-order chi connectivity index (χ1) is 6.20. The minimum atomic E-state index is -0.133. The second-order valence-corrected chi connectivity index (χ2v) is 2.71. The van der Waals surface area contributed by atoms with Crippen molar-refractivity contribution in [2.24, 2.45) is 4.99 Å². The zero-order valence-electron chi connectivity index (χ0n) is 7.79. The van der Waals surface area contributed by atoms with Gasteiger partial charge in [0.1, 0.15) is 0 Å². The third-order valence-corrected chi connectivity index (χ3v) is 1.87. The van der Waals surface area contributed by atoms with Gasteiger partial charge < -0.3 is 5.32 Å². The first-order valence-corrected chi connectivity index (χ1v) is 3.99. The van der Waals surface area contributed by atoms with Crippen LogP contribution in [0, 0.1) is 6.92 Å². The summed E-state index contributed by atoms with van der Waals surface area (Å²) < 4.78 is 0. The van der Waals surface area contributed by atoms with E-state index in [9.17, 15) is 4.79 Å². The van der Waals surface area contributed by atoms with Crippen LogP contribution in [-0.2, 0) is 0 Å². The third kappa shape index (κ3) is 1.75. The van der Waals surface area contributed by atoms with E-state index in [1.807, 2.05) is 19.1 Å². The minimum Gasteiger partial charge on any atom is -0.355 e. The zero-order chi connectivity index (χ0) is 9.84. The van der Waals surface area contributed by atoms with Crippen molar-refractivity contribution in [1.82, 2.24) is 5.32 Å². The average molecular weight is 176 g/mol. The topological polar surface area (TPSA) is 41.5 Å². The van der Waals surface area contributed by atoms with Crippen molar-refractivity contribution in [3.63, 3.8) is 0 Å². The Bertz CT molecular complexity index is 345. The molecule has 1 aromatic carbocycles. The molecule has 3 heteroatoms. The molecule has 0 unspecified atom stereocenters. The highest BCUT2D eigenvalue weighted by molar-refractivity contribution is 5.99. The highest BCUT2D eigenvalue weighted by Crippen LogP contribution is 2.22. The second kappa shape index (κ2) is 3.85. The highest BCUT2D eigenvalue weighted by Gasteiger charge is 2.09. The Morgan fingerprint density at radius 1 is 1.54 bits per heavy atom. The maximum absolute atomic E-state index is 11.3. The summed E-state index contributed by atoms with van der Waals surface area (Å²) in [7, 11) is 1.59. The number of rotatable bonds is 2. The number of hydrogen-bond donors (Lipinski definition) is 1. The van der Waals surface area contributed by atoms with Gasteiger partial charge in [-0.15, -0.1) is 0 Å². The smallest absolute Gasteiger partial charge is 0.253 e. The molecule has 0 aliphatic carbocycles. The first kappa shape index (κ1) is 9.45. The van der Waals surface area contributed by atoms with Gasteiger partial charge in [-0.3, -0.25) is 9.79 Å². The number of nitrogens with zero attached hydrogens (tertiary/aromatic N) is 1. The van der Waals surface area contributed by atoms with Gasteiger partial charge in [0.2, 0.25) is 0 Å². The molecule has 1 amide bonds. The van der Waals surface area contributed by atoms with E-state index in [4.69, 9.17) is 0 Å². The van der Waals surface area contributed by atoms with Crippen molar-refractivity contribution in [2.45, 2.75) is 6.92 Å². The summed E-state index contributed by atoms with van der Waals surface area (Å²) in [6.45, 7) is 5.34. The van der Waals surface area contributed by atoms with Gasteiger partial charge in [0, 0.05) is 7.05 Å². The molecular formula is C10H12N2O. The van der Waals surface area contributed by atoms with E-state index >= 15 is 0 Å². The van der Waals surface area contributed by atoms with E-state index < -0.39 is 0 Å². The molecule has 0 radical (unpaired) electrons. The van der Waals surface area contributed by atoms with Gasteiger partial charge in [0.15, 0.2) is 0 Å². The molecule has 0 aromatic heterocycles. The lowest BCUT2D eigenvalue weighted by Crippen LogP contribution is -2.18. The Morgan fingerprint density at radius 2 is 2.23 bits per heavy atom. The molecule has 0 atom stereocenters. The lowest BCUT2D eigenvalue weighted by molar-refractivity contribution is 0.0964. The summed E-state index contributed by atoms with van der Waals surface area (Å²) in [6, 6.07) is 5.46. The first-order valence-electron chi connectivity index (χ1n) is 3.99. The molecule has 0 fully saturated rings. The molecule has 3 nitrogen and oxygen atoms in total. The fourth-order valence-electron chi connectivity index (χ4n) is 1.19. The molecule has 0 saturated carbocycles. The van der Waals surface area contributed by atoms with Gasteiger partial charge >= 0.3 is 0 Å². The fourth-order valence-corrected chi connectivity index (χ4v) is 1.19. The number of para-hydroxylation sites is 1. The van der Waals surface area contributed by atoms with Crippen LogP contribution in [0.1, 0.15) is 15.9 Å². The second-order valence-electron chi connectivity index (χ2n) is 2.71. The summed E-state index contributed by atoms with van der Waals surface area (Å²) in [4.78, 5) is 15.2. The van der Waals surface area contributed by atoms with E-state index in [-0.39, 0.29) is 5.91 Å². The van der Waals surface area contributed by atoms with Crippen molar-refractivity contribution in [3.8, 4) is 0 Å². The van der Waals surface area contributed by atoms with Crippen LogP contribution < -0.4 is 5.32 Å². The standard InChI is InChI=1S/C10H12N2O/c1-7-5-4-6-8(9(7)11-2)10(13)12-3/h4-6H,2H2,1,3H3,(H,12,13). The molecule has 68 valence electrons. The Balaban J connectivity index is 3.28. The van der Waals surface area contributed by atoms with Crippen molar-refractivity contribution in [3.05, 3.63) is 29.3 Å². The van der Waals surface area contributed by atoms with Gasteiger partial charge in [0.05, 0.1) is 11.3 Å². The van der Waals surface area contributed by atoms with Crippen LogP contribution in [0.3, 0.4) is 0 Å². The highest BCUT2D eigenvalue weighted by atomic mass is 16.1. The summed E-state index contributed by atoms with van der Waals surface area (Å²) in [5.41, 5.74) is 2.18. The number of carbonyl (C=O) groups is 1. The summed E-state index contributed by atoms with van der Waals surface area (Å²) in [5, 5.41) is 2.56. The SMILES string of the molecule is C=Nc1c(C)cccc1C(=O)NC. The van der Waals surface area contributed by atoms with Crippen LogP contribution in [0.25, 0.3) is 0 Å². The lowest BCUT2D eigenvalue weighted by atomic mass is 10.1. The van der Waals surface area contributed by atoms with Crippen LogP contribution in [0.15, 0.2) is 23.2 Å². The Labute approximate surface area is 77.5 Å². The summed E-state index contributed by atoms with van der Waals surface area (Å²) >= 11 is 0. The van der Waals surface area contributed by atoms with Crippen molar-refractivity contribution >= 4 is 18.3 Å². The number of aryl methyl sites for hydroxylation is 1. The quantitative estimate of drug-likeness (QED) is 0.684. The molecule has 1 rings (SSSR count). The predicted molar refractivity (Wildman–Crippen MR) is 53.8 cm³/mol. The van der Waals surface area contributed by atoms with Crippen LogP contribution >= 0.6 is 0 Å². The Morgan fingerprint density at radius 3 is 2.77 bits per heavy atom. The van der Waals surface area contributed by atoms with E-state index in [2.05, 4.69) is 17.0 Å². The number of benzene rings is 1. The molecule has 0 spiro atoms. The van der Waals surface area contributed by atoms with Gasteiger partial charge in [-0.25, -0.2) is 0 Å². The zero-order valence-corrected chi connectivity index (χ0v) is 7.79. The average Bonchev–Trinajstić information content (AvgIpc) is 2.16. The van der Waals surface area contributed by atoms with Gasteiger partial charge in [-0.05, 0) is 25.3 Å². The Kier molecular flexibility index (Phi) is 2.80. The largest absolute Gasteiger partial charge is 0.355 e. The number of aliphatic imine (C=N–C) groups is 1. The van der Waals surface area contributed by atoms with Gasteiger partial charge in [0.25, 0.3) is 5.91 Å². The maximum Gasteiger partial charge on any atom is 0.253 e. The maximum atomic E-state index is 11.3. The predicted octanol–water partition coefficient (Wildman–Crippen LogP) is 1.69. The lowest BCUT2D eigenvalue weighted by Gasteiger charge is -2.05. The van der Waals surface area contributed by atoms with Gasteiger partial charge in [-0.2, -0.15) is 0 Å². The molecule has 0 aliphatic rings. The number of amides is 1. The molecule has 0 saturated heterocycles. The number of hydrogen-bond acceptors (Lipinski definition) is 2. The van der Waals surface area contributed by atoms with Crippen molar-refractivity contribution in [1.29, 1.82) is 0 Å². The normalized spacial score (nSPS) is 9.38. The summed E-state index contributed by atoms with van der Waals surface area (Å²) in [5.74, 6) is -0.133. The molecule has 13 heavy (non-hydrogen) atoms. The van der Waals surface area contributed by atoms with Crippen LogP contribution in [0.5, 0.6) is 0 Å². The molecule has 1 N–H and O–H groups in total. The van der Waals surface area contributed by atoms with Crippen LogP contribution in [-0.4, -0.2) is 19.7 Å². The Hall–Kier alpha value is -1.64. The van der Waals surface area contributed by atoms with E-state index in [1.54, 1.807) is 13.1 Å². The number of carbonyl (C=O) groups excluding carboxylic acids is 1. The van der Waals surface area contributed by atoms with Crippen LogP contribution in [0.2, 0.25) is 0 Å². The monoisotopic (exact) mass is 176 g/mol. The van der Waals surface area contributed by atoms with Crippen molar-refractivity contribution in [2.75, 3.05) is 7.05 Å². The molecule has 0 heterocycles. The van der Waals surface area contributed by atoms with Crippen LogP contribution in [0.4, 0.5) is 5.69 Å².